The van der Waals surface area contributed by atoms with E-state index >= 15 is 0 Å². The first kappa shape index (κ1) is 9.68. The minimum Gasteiger partial charge on any atom is -0.388 e. The van der Waals surface area contributed by atoms with E-state index in [0.29, 0.717) is 11.3 Å². The largest absolute Gasteiger partial charge is 0.388 e. The van der Waals surface area contributed by atoms with E-state index in [0.717, 1.165) is 24.2 Å². The highest BCUT2D eigenvalue weighted by atomic mass is 14.7. The van der Waals surface area contributed by atoms with Crippen molar-refractivity contribution in [2.24, 2.45) is 28.9 Å². The molecule has 4 bridgehead atoms. The van der Waals surface area contributed by atoms with E-state index in [1.54, 1.807) is 0 Å². The van der Waals surface area contributed by atoms with Gasteiger partial charge in [-0.1, -0.05) is 0 Å². The molecule has 4 aliphatic rings. The maximum Gasteiger partial charge on any atom is 0.0905 e. The second-order valence-electron chi connectivity index (χ2n) is 6.44. The molecule has 0 aromatic rings. The molecule has 4 rings (SSSR count). The zero-order valence-electron chi connectivity index (χ0n) is 9.47. The zero-order chi connectivity index (χ0) is 10.5. The standard InChI is InChI=1S/C13H22N2/c14-12(15)1-2-13-6-9-3-10(7-13)5-11(4-9)8-13/h9-11H,1-8H2,(H3,14,15). The molecule has 15 heavy (non-hydrogen) atoms. The van der Waals surface area contributed by atoms with Crippen LogP contribution in [0.4, 0.5) is 0 Å². The summed E-state index contributed by atoms with van der Waals surface area (Å²) in [6.45, 7) is 0. The fraction of sp³-hybridized carbons (Fsp3) is 0.923. The Kier molecular flexibility index (Phi) is 2.08. The molecule has 4 fully saturated rings. The smallest absolute Gasteiger partial charge is 0.0905 e. The first-order valence-corrected chi connectivity index (χ1v) is 6.48. The molecule has 0 saturated heterocycles. The maximum atomic E-state index is 7.38. The Morgan fingerprint density at radius 2 is 1.53 bits per heavy atom. The Labute approximate surface area is 92.1 Å². The van der Waals surface area contributed by atoms with E-state index in [4.69, 9.17) is 11.1 Å². The van der Waals surface area contributed by atoms with Crippen molar-refractivity contribution in [3.05, 3.63) is 0 Å². The molecule has 0 unspecified atom stereocenters. The van der Waals surface area contributed by atoms with E-state index in [1.165, 1.54) is 44.9 Å². The summed E-state index contributed by atoms with van der Waals surface area (Å²) in [5, 5.41) is 7.38. The average molecular weight is 206 g/mol. The molecule has 84 valence electrons. The van der Waals surface area contributed by atoms with Crippen LogP contribution in [0, 0.1) is 28.6 Å². The lowest BCUT2D eigenvalue weighted by molar-refractivity contribution is -0.0561. The van der Waals surface area contributed by atoms with Gasteiger partial charge in [0, 0.05) is 6.42 Å². The van der Waals surface area contributed by atoms with E-state index in [1.807, 2.05) is 0 Å². The number of nitrogens with two attached hydrogens (primary N) is 1. The van der Waals surface area contributed by atoms with Gasteiger partial charge in [-0.3, -0.25) is 5.41 Å². The molecule has 0 aromatic carbocycles. The van der Waals surface area contributed by atoms with E-state index in [9.17, 15) is 0 Å². The van der Waals surface area contributed by atoms with Crippen molar-refractivity contribution in [2.75, 3.05) is 0 Å². The summed E-state index contributed by atoms with van der Waals surface area (Å²) < 4.78 is 0. The first-order chi connectivity index (χ1) is 7.15. The molecule has 3 N–H and O–H groups in total. The van der Waals surface area contributed by atoms with Crippen molar-refractivity contribution >= 4 is 5.84 Å². The molecule has 0 heterocycles. The highest BCUT2D eigenvalue weighted by Gasteiger charge is 2.50. The Bertz CT molecular complexity index is 247. The number of nitrogens with one attached hydrogen (secondary N) is 1. The number of hydrogen-bond acceptors (Lipinski definition) is 1. The third-order valence-electron chi connectivity index (χ3n) is 5.09. The average Bonchev–Trinajstić information content (AvgIpc) is 2.12. The summed E-state index contributed by atoms with van der Waals surface area (Å²) in [7, 11) is 0. The number of hydrogen-bond donors (Lipinski definition) is 2. The van der Waals surface area contributed by atoms with Gasteiger partial charge in [-0.15, -0.1) is 0 Å². The third-order valence-corrected chi connectivity index (χ3v) is 5.09. The molecule has 0 radical (unpaired) electrons. The van der Waals surface area contributed by atoms with Crippen LogP contribution in [0.3, 0.4) is 0 Å². The summed E-state index contributed by atoms with van der Waals surface area (Å²) >= 11 is 0. The van der Waals surface area contributed by atoms with Crippen LogP contribution in [0.15, 0.2) is 0 Å². The molecule has 0 aliphatic heterocycles. The van der Waals surface area contributed by atoms with Gasteiger partial charge in [-0.2, -0.15) is 0 Å². The first-order valence-electron chi connectivity index (χ1n) is 6.48. The van der Waals surface area contributed by atoms with Crippen LogP contribution in [0.1, 0.15) is 51.4 Å². The Balaban J connectivity index is 1.72. The lowest BCUT2D eigenvalue weighted by Gasteiger charge is -2.57. The molecule has 0 amide bonds. The fourth-order valence-electron chi connectivity index (χ4n) is 5.00. The second kappa shape index (κ2) is 3.23. The lowest BCUT2D eigenvalue weighted by Crippen LogP contribution is -2.46. The number of rotatable bonds is 3. The molecule has 4 aliphatic carbocycles. The van der Waals surface area contributed by atoms with Crippen LogP contribution < -0.4 is 5.73 Å². The highest BCUT2D eigenvalue weighted by Crippen LogP contribution is 2.61. The van der Waals surface area contributed by atoms with Crippen molar-refractivity contribution < 1.29 is 0 Å². The Morgan fingerprint density at radius 1 is 1.07 bits per heavy atom. The molecule has 0 aromatic heterocycles. The van der Waals surface area contributed by atoms with Gasteiger partial charge in [0.25, 0.3) is 0 Å². The summed E-state index contributed by atoms with van der Waals surface area (Å²) in [6, 6.07) is 0. The molecule has 4 saturated carbocycles. The predicted octanol–water partition coefficient (Wildman–Crippen LogP) is 2.92. The quantitative estimate of drug-likeness (QED) is 0.541. The van der Waals surface area contributed by atoms with Crippen LogP contribution in [-0.2, 0) is 0 Å². The van der Waals surface area contributed by atoms with Gasteiger partial charge in [0.2, 0.25) is 0 Å². The lowest BCUT2D eigenvalue weighted by atomic mass is 9.48. The minimum absolute atomic E-state index is 0.394. The number of amidine groups is 1. The van der Waals surface area contributed by atoms with Crippen LogP contribution in [-0.4, -0.2) is 5.84 Å². The van der Waals surface area contributed by atoms with Crippen LogP contribution >= 0.6 is 0 Å². The normalized spacial score (nSPS) is 47.1. The van der Waals surface area contributed by atoms with Gasteiger partial charge >= 0.3 is 0 Å². The third kappa shape index (κ3) is 1.68. The summed E-state index contributed by atoms with van der Waals surface area (Å²) in [5.74, 6) is 3.49. The van der Waals surface area contributed by atoms with Gasteiger partial charge in [-0.25, -0.2) is 0 Å². The molecule has 0 spiro atoms. The SMILES string of the molecule is N=C(N)CCC12CC3CC(CC(C3)C1)C2. The molecule has 0 atom stereocenters. The predicted molar refractivity (Wildman–Crippen MR) is 61.8 cm³/mol. The summed E-state index contributed by atoms with van der Waals surface area (Å²) in [5.41, 5.74) is 6.12. The van der Waals surface area contributed by atoms with Crippen molar-refractivity contribution in [3.8, 4) is 0 Å². The van der Waals surface area contributed by atoms with Crippen molar-refractivity contribution in [2.45, 2.75) is 51.4 Å². The van der Waals surface area contributed by atoms with E-state index in [2.05, 4.69) is 0 Å². The monoisotopic (exact) mass is 206 g/mol. The Hall–Kier alpha value is -0.530. The molecule has 2 nitrogen and oxygen atoms in total. The van der Waals surface area contributed by atoms with Gasteiger partial charge in [0.15, 0.2) is 0 Å². The van der Waals surface area contributed by atoms with Gasteiger partial charge in [0.1, 0.15) is 0 Å². The second-order valence-corrected chi connectivity index (χ2v) is 6.44. The molecular weight excluding hydrogens is 184 g/mol. The van der Waals surface area contributed by atoms with Crippen molar-refractivity contribution in [1.29, 1.82) is 5.41 Å². The fourth-order valence-corrected chi connectivity index (χ4v) is 5.00. The van der Waals surface area contributed by atoms with Gasteiger partial charge < -0.3 is 5.73 Å². The van der Waals surface area contributed by atoms with Crippen LogP contribution in [0.25, 0.3) is 0 Å². The van der Waals surface area contributed by atoms with Crippen molar-refractivity contribution in [1.82, 2.24) is 0 Å². The summed E-state index contributed by atoms with van der Waals surface area (Å²) in [6.07, 6.45) is 10.9. The topological polar surface area (TPSA) is 49.9 Å². The van der Waals surface area contributed by atoms with Gasteiger partial charge in [-0.05, 0) is 68.1 Å². The van der Waals surface area contributed by atoms with Gasteiger partial charge in [0.05, 0.1) is 5.84 Å². The molecule has 2 heteroatoms. The van der Waals surface area contributed by atoms with Crippen molar-refractivity contribution in [3.63, 3.8) is 0 Å². The Morgan fingerprint density at radius 3 is 1.93 bits per heavy atom. The maximum absolute atomic E-state index is 7.38. The van der Waals surface area contributed by atoms with Crippen LogP contribution in [0.5, 0.6) is 0 Å². The van der Waals surface area contributed by atoms with E-state index in [-0.39, 0.29) is 0 Å². The minimum atomic E-state index is 0.394. The van der Waals surface area contributed by atoms with E-state index < -0.39 is 0 Å². The highest BCUT2D eigenvalue weighted by molar-refractivity contribution is 5.76. The molecular formula is C13H22N2. The van der Waals surface area contributed by atoms with Crippen LogP contribution in [0.2, 0.25) is 0 Å². The zero-order valence-corrected chi connectivity index (χ0v) is 9.47. The summed E-state index contributed by atoms with van der Waals surface area (Å²) in [4.78, 5) is 0.